The SMILES string of the molecule is CC(C)C[C@H]1[C@@H](OC(=O)N[C@@H](Cc2ccccc2)[C@H](O)CN2C[C@H]3CCCC[C@H]3C[C@H]2C(=O)NC(C)(C)C)CCS1(=O)=O. The lowest BCUT2D eigenvalue weighted by Gasteiger charge is -2.47. The summed E-state index contributed by atoms with van der Waals surface area (Å²) in [6.45, 7) is 10.8. The van der Waals surface area contributed by atoms with Gasteiger partial charge in [0.2, 0.25) is 5.91 Å². The average Bonchev–Trinajstić information content (AvgIpc) is 3.19. The lowest BCUT2D eigenvalue weighted by molar-refractivity contribution is -0.132. The second-order valence-corrected chi connectivity index (χ2v) is 16.9. The monoisotopic (exact) mass is 619 g/mol. The second kappa shape index (κ2) is 14.3. The standard InChI is InChI=1S/C33H53N3O6S/c1-22(2)17-30-29(15-16-43(30,40)41)42-32(39)34-26(18-23-11-7-6-8-12-23)28(37)21-36-20-25-14-10-9-13-24(25)19-27(36)31(38)35-33(3,4)5/h6-8,11-12,22,24-30,37H,9-10,13-21H2,1-5H3,(H,34,39)(H,35,38)/t24-,25+,26-,27-,28+,29-,30-/m0/s1. The highest BCUT2D eigenvalue weighted by Gasteiger charge is 2.44. The predicted molar refractivity (Wildman–Crippen MR) is 168 cm³/mol. The summed E-state index contributed by atoms with van der Waals surface area (Å²) >= 11 is 0. The molecule has 3 aliphatic rings. The van der Waals surface area contributed by atoms with E-state index in [1.54, 1.807) is 0 Å². The molecular weight excluding hydrogens is 566 g/mol. The summed E-state index contributed by atoms with van der Waals surface area (Å²) < 4.78 is 31.1. The summed E-state index contributed by atoms with van der Waals surface area (Å²) in [4.78, 5) is 28.9. The summed E-state index contributed by atoms with van der Waals surface area (Å²) in [5, 5.41) is 17.0. The van der Waals surface area contributed by atoms with Crippen LogP contribution in [0.2, 0.25) is 0 Å². The predicted octanol–water partition coefficient (Wildman–Crippen LogP) is 4.08. The molecule has 4 rings (SSSR count). The maximum atomic E-state index is 13.5. The fourth-order valence-corrected chi connectivity index (χ4v) is 9.41. The Bertz CT molecular complexity index is 1180. The average molecular weight is 620 g/mol. The topological polar surface area (TPSA) is 125 Å². The van der Waals surface area contributed by atoms with Crippen LogP contribution in [0.4, 0.5) is 4.79 Å². The Morgan fingerprint density at radius 2 is 1.74 bits per heavy atom. The molecule has 1 aromatic carbocycles. The molecule has 2 aliphatic heterocycles. The number of sulfone groups is 1. The molecule has 2 heterocycles. The van der Waals surface area contributed by atoms with Crippen LogP contribution in [0.5, 0.6) is 0 Å². The van der Waals surface area contributed by atoms with Crippen molar-refractivity contribution in [3.8, 4) is 0 Å². The van der Waals surface area contributed by atoms with Gasteiger partial charge in [0.05, 0.1) is 29.2 Å². The first-order chi connectivity index (χ1) is 20.2. The van der Waals surface area contributed by atoms with Crippen LogP contribution >= 0.6 is 0 Å². The lowest BCUT2D eigenvalue weighted by Crippen LogP contribution is -2.60. The molecule has 2 saturated heterocycles. The number of fused-ring (bicyclic) bond motifs is 1. The number of hydrogen-bond donors (Lipinski definition) is 3. The van der Waals surface area contributed by atoms with Gasteiger partial charge in [0, 0.05) is 18.6 Å². The third-order valence-corrected chi connectivity index (χ3v) is 11.5. The van der Waals surface area contributed by atoms with Crippen molar-refractivity contribution in [1.82, 2.24) is 15.5 Å². The number of β-amino-alcohol motifs (C(OH)–C–C–N with tert-alkyl or cyclic N) is 1. The molecule has 1 aliphatic carbocycles. The molecule has 2 amide bonds. The third-order valence-electron chi connectivity index (χ3n) is 9.32. The number of piperidine rings is 1. The minimum atomic E-state index is -3.33. The summed E-state index contributed by atoms with van der Waals surface area (Å²) in [6.07, 6.45) is 4.10. The summed E-state index contributed by atoms with van der Waals surface area (Å²) in [5.74, 6) is 1.14. The quantitative estimate of drug-likeness (QED) is 0.361. The number of rotatable bonds is 10. The molecule has 1 aromatic rings. The van der Waals surface area contributed by atoms with E-state index in [0.29, 0.717) is 24.7 Å². The molecule has 3 N–H and O–H groups in total. The van der Waals surface area contributed by atoms with Crippen LogP contribution in [0.15, 0.2) is 30.3 Å². The number of aliphatic hydroxyl groups excluding tert-OH is 1. The zero-order valence-corrected chi connectivity index (χ0v) is 27.4. The van der Waals surface area contributed by atoms with Gasteiger partial charge in [-0.2, -0.15) is 0 Å². The highest BCUT2D eigenvalue weighted by atomic mass is 32.2. The molecule has 0 unspecified atom stereocenters. The van der Waals surface area contributed by atoms with Crippen LogP contribution in [0.25, 0.3) is 0 Å². The highest BCUT2D eigenvalue weighted by Crippen LogP contribution is 2.39. The van der Waals surface area contributed by atoms with Gasteiger partial charge in [-0.3, -0.25) is 9.69 Å². The van der Waals surface area contributed by atoms with Crippen LogP contribution in [-0.4, -0.2) is 84.3 Å². The molecule has 242 valence electrons. The van der Waals surface area contributed by atoms with Gasteiger partial charge in [-0.15, -0.1) is 0 Å². The van der Waals surface area contributed by atoms with E-state index >= 15 is 0 Å². The van der Waals surface area contributed by atoms with E-state index in [4.69, 9.17) is 4.74 Å². The van der Waals surface area contributed by atoms with Gasteiger partial charge < -0.3 is 20.5 Å². The first-order valence-corrected chi connectivity index (χ1v) is 17.9. The number of amides is 2. The van der Waals surface area contributed by atoms with Crippen molar-refractivity contribution < 1.29 is 27.9 Å². The van der Waals surface area contributed by atoms with Gasteiger partial charge in [0.25, 0.3) is 0 Å². The highest BCUT2D eigenvalue weighted by molar-refractivity contribution is 7.92. The molecule has 9 nitrogen and oxygen atoms in total. The van der Waals surface area contributed by atoms with Crippen molar-refractivity contribution in [3.05, 3.63) is 35.9 Å². The Balaban J connectivity index is 1.50. The van der Waals surface area contributed by atoms with E-state index in [1.165, 1.54) is 12.8 Å². The van der Waals surface area contributed by atoms with E-state index in [9.17, 15) is 23.1 Å². The van der Waals surface area contributed by atoms with E-state index in [-0.39, 0.29) is 42.1 Å². The van der Waals surface area contributed by atoms with Gasteiger partial charge in [-0.25, -0.2) is 13.2 Å². The van der Waals surface area contributed by atoms with Gasteiger partial charge >= 0.3 is 6.09 Å². The number of carbonyl (C=O) groups excluding carboxylic acids is 2. The normalized spacial score (nSPS) is 29.0. The van der Waals surface area contributed by atoms with Crippen molar-refractivity contribution in [1.29, 1.82) is 0 Å². The van der Waals surface area contributed by atoms with Crippen LogP contribution in [0.1, 0.15) is 85.1 Å². The van der Waals surface area contributed by atoms with E-state index in [2.05, 4.69) is 15.5 Å². The third kappa shape index (κ3) is 9.41. The number of aliphatic hydroxyl groups is 1. The molecule has 1 saturated carbocycles. The Morgan fingerprint density at radius 3 is 2.40 bits per heavy atom. The molecule has 43 heavy (non-hydrogen) atoms. The van der Waals surface area contributed by atoms with Crippen LogP contribution in [-0.2, 0) is 25.8 Å². The number of ether oxygens (including phenoxy) is 1. The fraction of sp³-hybridized carbons (Fsp3) is 0.758. The maximum Gasteiger partial charge on any atom is 0.407 e. The zero-order chi connectivity index (χ0) is 31.4. The zero-order valence-electron chi connectivity index (χ0n) is 26.6. The second-order valence-electron chi connectivity index (χ2n) is 14.5. The van der Waals surface area contributed by atoms with E-state index in [1.807, 2.05) is 65.0 Å². The number of hydrogen-bond acceptors (Lipinski definition) is 7. The number of likely N-dealkylation sites (tertiary alicyclic amines) is 1. The largest absolute Gasteiger partial charge is 0.445 e. The lowest BCUT2D eigenvalue weighted by atomic mass is 9.72. The van der Waals surface area contributed by atoms with Crippen LogP contribution < -0.4 is 10.6 Å². The first-order valence-electron chi connectivity index (χ1n) is 16.2. The van der Waals surface area contributed by atoms with Gasteiger partial charge in [0.1, 0.15) is 6.10 Å². The van der Waals surface area contributed by atoms with Gasteiger partial charge in [0.15, 0.2) is 9.84 Å². The minimum absolute atomic E-state index is 0.00748. The van der Waals surface area contributed by atoms with Crippen molar-refractivity contribution in [2.75, 3.05) is 18.8 Å². The van der Waals surface area contributed by atoms with Crippen LogP contribution in [0, 0.1) is 17.8 Å². The number of nitrogens with one attached hydrogen (secondary N) is 2. The molecule has 0 bridgehead atoms. The smallest absolute Gasteiger partial charge is 0.407 e. The van der Waals surface area contributed by atoms with Crippen molar-refractivity contribution in [2.24, 2.45) is 17.8 Å². The molecular formula is C33H53N3O6S. The number of benzene rings is 1. The van der Waals surface area contributed by atoms with Crippen molar-refractivity contribution >= 4 is 21.8 Å². The first kappa shape index (κ1) is 33.7. The molecule has 0 radical (unpaired) electrons. The summed E-state index contributed by atoms with van der Waals surface area (Å²) in [7, 11) is -3.33. The van der Waals surface area contributed by atoms with Gasteiger partial charge in [-0.05, 0) is 76.2 Å². The van der Waals surface area contributed by atoms with Crippen molar-refractivity contribution in [3.63, 3.8) is 0 Å². The Kier molecular flexibility index (Phi) is 11.2. The summed E-state index contributed by atoms with van der Waals surface area (Å²) in [6, 6.07) is 8.60. The molecule has 7 atom stereocenters. The molecule has 3 fully saturated rings. The fourth-order valence-electron chi connectivity index (χ4n) is 7.22. The number of alkyl carbamates (subject to hydrolysis) is 1. The summed E-state index contributed by atoms with van der Waals surface area (Å²) in [5.41, 5.74) is 0.577. The molecule has 0 aromatic heterocycles. The maximum absolute atomic E-state index is 13.5. The van der Waals surface area contributed by atoms with E-state index < -0.39 is 39.4 Å². The van der Waals surface area contributed by atoms with E-state index in [0.717, 1.165) is 31.4 Å². The Hall–Kier alpha value is -2.17. The van der Waals surface area contributed by atoms with Crippen molar-refractivity contribution in [2.45, 2.75) is 121 Å². The molecule has 10 heteroatoms. The Labute approximate surface area is 258 Å². The number of carbonyl (C=O) groups is 2. The Morgan fingerprint density at radius 1 is 1.07 bits per heavy atom. The van der Waals surface area contributed by atoms with Gasteiger partial charge in [-0.1, -0.05) is 63.4 Å². The minimum Gasteiger partial charge on any atom is -0.445 e. The number of nitrogens with zero attached hydrogens (tertiary/aromatic N) is 1. The van der Waals surface area contributed by atoms with Crippen LogP contribution in [0.3, 0.4) is 0 Å². The molecule has 0 spiro atoms.